The summed E-state index contributed by atoms with van der Waals surface area (Å²) in [4.78, 5) is 84.6. The van der Waals surface area contributed by atoms with Crippen LogP contribution in [0.4, 0.5) is 0 Å². The van der Waals surface area contributed by atoms with Crippen LogP contribution in [0, 0.1) is 0 Å². The number of phosphoric ester groups is 3. The van der Waals surface area contributed by atoms with E-state index in [9.17, 15) is 67.9 Å². The van der Waals surface area contributed by atoms with Crippen molar-refractivity contribution in [3.05, 3.63) is 0 Å². The summed E-state index contributed by atoms with van der Waals surface area (Å²) in [6, 6.07) is 0. The minimum absolute atomic E-state index is 0.0122. The molecule has 0 aromatic heterocycles. The highest BCUT2D eigenvalue weighted by Crippen LogP contribution is 2.51. The predicted molar refractivity (Wildman–Crippen MR) is 225 cm³/mol. The number of ether oxygens (including phenoxy) is 2. The van der Waals surface area contributed by atoms with Crippen molar-refractivity contribution in [1.29, 1.82) is 0 Å². The van der Waals surface area contributed by atoms with E-state index in [1.54, 1.807) is 0 Å². The van der Waals surface area contributed by atoms with E-state index >= 15 is 0 Å². The molecule has 20 nitrogen and oxygen atoms in total. The van der Waals surface area contributed by atoms with Gasteiger partial charge in [-0.05, 0) is 25.7 Å². The van der Waals surface area contributed by atoms with Crippen molar-refractivity contribution in [2.45, 2.75) is 217 Å². The average molecular weight is 957 g/mol. The van der Waals surface area contributed by atoms with Crippen molar-refractivity contribution in [2.75, 3.05) is 13.2 Å². The summed E-state index contributed by atoms with van der Waals surface area (Å²) in [6.45, 7) is 2.65. The fourth-order valence-electron chi connectivity index (χ4n) is 7.00. The monoisotopic (exact) mass is 956 g/mol. The molecule has 1 aliphatic carbocycles. The number of esters is 2. The highest BCUT2D eigenvalue weighted by molar-refractivity contribution is 7.47. The van der Waals surface area contributed by atoms with Crippen LogP contribution in [0.1, 0.15) is 174 Å². The lowest BCUT2D eigenvalue weighted by Gasteiger charge is -2.44. The van der Waals surface area contributed by atoms with E-state index in [0.29, 0.717) is 25.7 Å². The van der Waals surface area contributed by atoms with E-state index in [0.717, 1.165) is 77.0 Å². The summed E-state index contributed by atoms with van der Waals surface area (Å²) in [5.74, 6) is -1.06. The molecule has 0 radical (unpaired) electrons. The van der Waals surface area contributed by atoms with Crippen LogP contribution in [0.15, 0.2) is 0 Å². The summed E-state index contributed by atoms with van der Waals surface area (Å²) in [7, 11) is -16.6. The Labute approximate surface area is 366 Å². The molecule has 0 amide bonds. The van der Waals surface area contributed by atoms with E-state index in [-0.39, 0.29) is 18.6 Å². The van der Waals surface area contributed by atoms with Gasteiger partial charge in [0, 0.05) is 25.7 Å². The lowest BCUT2D eigenvalue weighted by atomic mass is 9.85. The van der Waals surface area contributed by atoms with Gasteiger partial charge >= 0.3 is 35.4 Å². The number of phosphoric acid groups is 3. The number of carbonyl (C=O) groups is 3. The SMILES string of the molecule is CCCCCCCCCCCCCCCC(=O)O[C@H](COC(=O)CCCCCCCCCC(=O)CCC)COP(=O)(O)OC1C(O)[C@@H](OP(=O)(O)O)C(OP(=O)(O)O)[C@@H](O)[C@H]1O. The topological polar surface area (TPSA) is 320 Å². The second-order valence-electron chi connectivity index (χ2n) is 16.0. The van der Waals surface area contributed by atoms with Crippen molar-refractivity contribution >= 4 is 41.2 Å². The standard InChI is InChI=1S/C39H75O20P3/c1-3-5-6-7-8-9-10-11-12-13-16-20-23-27-33(42)56-31(28-54-32(41)26-22-19-17-14-15-18-21-25-30(40)24-4-2)29-55-62(52,53)59-37-34(43)35(44)38(57-60(46,47)48)39(36(37)45)58-61(49,50)51/h31,34-39,43-45H,3-29H2,1-2H3,(H,52,53)(H2,46,47,48)(H2,49,50,51)/t31-,34-,35+,36?,37?,38?,39-/m1/s1. The first-order chi connectivity index (χ1) is 29.2. The van der Waals surface area contributed by atoms with Crippen LogP contribution in [-0.2, 0) is 55.6 Å². The maximum atomic E-state index is 13.1. The molecule has 8 atom stereocenters. The molecule has 8 N–H and O–H groups in total. The molecule has 0 spiro atoms. The number of ketones is 1. The molecule has 0 aromatic carbocycles. The van der Waals surface area contributed by atoms with Gasteiger partial charge in [0.05, 0.1) is 6.61 Å². The van der Waals surface area contributed by atoms with Crippen molar-refractivity contribution in [3.63, 3.8) is 0 Å². The van der Waals surface area contributed by atoms with E-state index in [1.165, 1.54) is 44.9 Å². The number of carbonyl (C=O) groups excluding carboxylic acids is 3. The number of aliphatic hydroxyl groups excluding tert-OH is 3. The number of aliphatic hydroxyl groups is 3. The molecule has 4 unspecified atom stereocenters. The third-order valence-electron chi connectivity index (χ3n) is 10.3. The lowest BCUT2D eigenvalue weighted by Crippen LogP contribution is -2.65. The molecular formula is C39H75O20P3. The first-order valence-corrected chi connectivity index (χ1v) is 26.8. The summed E-state index contributed by atoms with van der Waals surface area (Å²) in [5.41, 5.74) is 0. The van der Waals surface area contributed by atoms with Gasteiger partial charge in [-0.3, -0.25) is 32.5 Å². The summed E-state index contributed by atoms with van der Waals surface area (Å²) < 4.78 is 65.2. The average Bonchev–Trinajstić information content (AvgIpc) is 3.18. The van der Waals surface area contributed by atoms with Gasteiger partial charge in [0.25, 0.3) is 0 Å². The quantitative estimate of drug-likeness (QED) is 0.0190. The fourth-order valence-corrected chi connectivity index (χ4v) is 9.10. The van der Waals surface area contributed by atoms with Gasteiger partial charge in [-0.15, -0.1) is 0 Å². The highest BCUT2D eigenvalue weighted by Gasteiger charge is 2.56. The fraction of sp³-hybridized carbons (Fsp3) is 0.923. The molecule has 0 aliphatic heterocycles. The Morgan fingerprint density at radius 2 is 0.871 bits per heavy atom. The zero-order valence-electron chi connectivity index (χ0n) is 36.5. The van der Waals surface area contributed by atoms with E-state index in [1.807, 2.05) is 6.92 Å². The van der Waals surface area contributed by atoms with Crippen LogP contribution in [0.3, 0.4) is 0 Å². The highest BCUT2D eigenvalue weighted by atomic mass is 31.2. The maximum Gasteiger partial charge on any atom is 0.472 e. The zero-order chi connectivity index (χ0) is 46.6. The van der Waals surface area contributed by atoms with Gasteiger partial charge in [0.2, 0.25) is 0 Å². The summed E-state index contributed by atoms with van der Waals surface area (Å²) in [6.07, 6.45) is 5.72. The van der Waals surface area contributed by atoms with Gasteiger partial charge in [-0.2, -0.15) is 0 Å². The molecule has 1 aliphatic rings. The van der Waals surface area contributed by atoms with Crippen LogP contribution < -0.4 is 0 Å². The largest absolute Gasteiger partial charge is 0.472 e. The van der Waals surface area contributed by atoms with Crippen LogP contribution in [-0.4, -0.2) is 113 Å². The Morgan fingerprint density at radius 1 is 0.468 bits per heavy atom. The lowest BCUT2D eigenvalue weighted by molar-refractivity contribution is -0.213. The van der Waals surface area contributed by atoms with Gasteiger partial charge in [0.15, 0.2) is 6.10 Å². The summed E-state index contributed by atoms with van der Waals surface area (Å²) in [5, 5.41) is 31.8. The molecule has 0 aromatic rings. The number of hydrogen-bond acceptors (Lipinski definition) is 15. The molecule has 1 saturated carbocycles. The molecule has 23 heteroatoms. The van der Waals surface area contributed by atoms with Gasteiger partial charge < -0.3 is 49.3 Å². The van der Waals surface area contributed by atoms with Crippen molar-refractivity contribution in [3.8, 4) is 0 Å². The first kappa shape index (κ1) is 58.8. The molecule has 0 bridgehead atoms. The summed E-state index contributed by atoms with van der Waals surface area (Å²) >= 11 is 0. The van der Waals surface area contributed by atoms with E-state index in [4.69, 9.17) is 18.5 Å². The molecule has 366 valence electrons. The number of rotatable bonds is 38. The van der Waals surface area contributed by atoms with Crippen molar-refractivity contribution < 1.29 is 95.4 Å². The van der Waals surface area contributed by atoms with Crippen LogP contribution >= 0.6 is 23.5 Å². The minimum atomic E-state index is -5.60. The molecule has 0 saturated heterocycles. The minimum Gasteiger partial charge on any atom is -0.462 e. The molecule has 1 fully saturated rings. The molecule has 62 heavy (non-hydrogen) atoms. The molecular weight excluding hydrogens is 881 g/mol. The number of Topliss-reactive ketones (excluding diaryl/α,β-unsaturated/α-hetero) is 1. The van der Waals surface area contributed by atoms with Crippen molar-refractivity contribution in [2.24, 2.45) is 0 Å². The third-order valence-corrected chi connectivity index (χ3v) is 12.3. The van der Waals surface area contributed by atoms with Gasteiger partial charge in [0.1, 0.15) is 49.0 Å². The Hall–Kier alpha value is -1.18. The maximum absolute atomic E-state index is 13.1. The first-order valence-electron chi connectivity index (χ1n) is 22.2. The second kappa shape index (κ2) is 32.5. The number of unbranched alkanes of at least 4 members (excludes halogenated alkanes) is 18. The predicted octanol–water partition coefficient (Wildman–Crippen LogP) is 6.36. The number of hydrogen-bond donors (Lipinski definition) is 8. The molecule has 1 rings (SSSR count). The van der Waals surface area contributed by atoms with Crippen LogP contribution in [0.25, 0.3) is 0 Å². The van der Waals surface area contributed by atoms with Gasteiger partial charge in [-0.1, -0.05) is 123 Å². The van der Waals surface area contributed by atoms with Gasteiger partial charge in [-0.25, -0.2) is 13.7 Å². The molecule has 0 heterocycles. The van der Waals surface area contributed by atoms with Crippen LogP contribution in [0.2, 0.25) is 0 Å². The van der Waals surface area contributed by atoms with Crippen molar-refractivity contribution in [1.82, 2.24) is 0 Å². The Bertz CT molecular complexity index is 1390. The Morgan fingerprint density at radius 3 is 1.32 bits per heavy atom. The van der Waals surface area contributed by atoms with E-state index < -0.39 is 91.3 Å². The third kappa shape index (κ3) is 28.7. The van der Waals surface area contributed by atoms with Crippen LogP contribution in [0.5, 0.6) is 0 Å². The Kier molecular flexibility index (Phi) is 30.8. The van der Waals surface area contributed by atoms with E-state index in [2.05, 4.69) is 16.0 Å². The smallest absolute Gasteiger partial charge is 0.462 e. The second-order valence-corrected chi connectivity index (χ2v) is 19.8. The normalized spacial score (nSPS) is 22.2. The zero-order valence-corrected chi connectivity index (χ0v) is 39.1. The Balaban J connectivity index is 2.78.